The Kier molecular flexibility index (Phi) is 3.61. The summed E-state index contributed by atoms with van der Waals surface area (Å²) in [7, 11) is 1.66. The standard InChI is InChI=1S/C16H15NO3S/c1-17-12-8-7-10(9-13(12)20-16(17)19)15(18)11-5-3-4-6-14(11)21-2/h3-9,15,18H,1-2H3. The molecule has 1 N–H and O–H groups in total. The molecule has 3 rings (SSSR count). The number of fused-ring (bicyclic) bond motifs is 1. The van der Waals surface area contributed by atoms with Crippen molar-refractivity contribution < 1.29 is 9.52 Å². The van der Waals surface area contributed by atoms with Gasteiger partial charge in [-0.05, 0) is 35.6 Å². The maximum Gasteiger partial charge on any atom is 0.419 e. The van der Waals surface area contributed by atoms with Crippen LogP contribution in [0.3, 0.4) is 0 Å². The van der Waals surface area contributed by atoms with Gasteiger partial charge < -0.3 is 9.52 Å². The van der Waals surface area contributed by atoms with Gasteiger partial charge in [0.25, 0.3) is 0 Å². The molecule has 21 heavy (non-hydrogen) atoms. The number of aliphatic hydroxyl groups excluding tert-OH is 1. The van der Waals surface area contributed by atoms with Gasteiger partial charge in [0.2, 0.25) is 0 Å². The second-order valence-electron chi connectivity index (χ2n) is 4.80. The molecule has 2 aromatic carbocycles. The highest BCUT2D eigenvalue weighted by Gasteiger charge is 2.16. The summed E-state index contributed by atoms with van der Waals surface area (Å²) in [6, 6.07) is 13.1. The monoisotopic (exact) mass is 301 g/mol. The van der Waals surface area contributed by atoms with Gasteiger partial charge in [-0.3, -0.25) is 4.57 Å². The number of rotatable bonds is 3. The molecule has 0 radical (unpaired) electrons. The lowest BCUT2D eigenvalue weighted by Crippen LogP contribution is -2.08. The number of aryl methyl sites for hydroxylation is 1. The lowest BCUT2D eigenvalue weighted by atomic mass is 10.0. The number of hydrogen-bond donors (Lipinski definition) is 1. The van der Waals surface area contributed by atoms with E-state index >= 15 is 0 Å². The van der Waals surface area contributed by atoms with Crippen LogP contribution < -0.4 is 5.76 Å². The summed E-state index contributed by atoms with van der Waals surface area (Å²) in [5, 5.41) is 10.6. The Morgan fingerprint density at radius 1 is 1.24 bits per heavy atom. The molecule has 1 unspecified atom stereocenters. The summed E-state index contributed by atoms with van der Waals surface area (Å²) in [5.41, 5.74) is 2.76. The molecule has 0 fully saturated rings. The SMILES string of the molecule is CSc1ccccc1C(O)c1ccc2c(c1)oc(=O)n2C. The lowest BCUT2D eigenvalue weighted by Gasteiger charge is -2.14. The van der Waals surface area contributed by atoms with E-state index < -0.39 is 11.9 Å². The van der Waals surface area contributed by atoms with Crippen molar-refractivity contribution in [3.8, 4) is 0 Å². The van der Waals surface area contributed by atoms with Crippen molar-refractivity contribution in [2.75, 3.05) is 6.26 Å². The van der Waals surface area contributed by atoms with Crippen LogP contribution >= 0.6 is 11.8 Å². The number of aromatic nitrogens is 1. The summed E-state index contributed by atoms with van der Waals surface area (Å²) in [5.74, 6) is -0.402. The van der Waals surface area contributed by atoms with Crippen LogP contribution in [0.25, 0.3) is 11.1 Å². The third kappa shape index (κ3) is 2.39. The first-order valence-electron chi connectivity index (χ1n) is 6.52. The maximum atomic E-state index is 11.5. The van der Waals surface area contributed by atoms with Gasteiger partial charge in [-0.15, -0.1) is 11.8 Å². The molecule has 0 saturated heterocycles. The van der Waals surface area contributed by atoms with E-state index in [4.69, 9.17) is 4.42 Å². The van der Waals surface area contributed by atoms with Crippen molar-refractivity contribution in [1.29, 1.82) is 0 Å². The van der Waals surface area contributed by atoms with E-state index in [0.717, 1.165) is 10.5 Å². The largest absolute Gasteiger partial charge is 0.419 e. The highest BCUT2D eigenvalue weighted by Crippen LogP contribution is 2.31. The molecule has 0 amide bonds. The molecule has 1 aromatic heterocycles. The summed E-state index contributed by atoms with van der Waals surface area (Å²) in [6.45, 7) is 0. The normalized spacial score (nSPS) is 12.7. The highest BCUT2D eigenvalue weighted by atomic mass is 32.2. The van der Waals surface area contributed by atoms with E-state index in [9.17, 15) is 9.90 Å². The van der Waals surface area contributed by atoms with E-state index in [1.165, 1.54) is 4.57 Å². The second kappa shape index (κ2) is 5.42. The zero-order valence-electron chi connectivity index (χ0n) is 11.7. The van der Waals surface area contributed by atoms with Crippen LogP contribution in [-0.4, -0.2) is 15.9 Å². The number of benzene rings is 2. The summed E-state index contributed by atoms with van der Waals surface area (Å²) < 4.78 is 6.62. The number of thioether (sulfide) groups is 1. The molecule has 0 saturated carbocycles. The quantitative estimate of drug-likeness (QED) is 0.756. The van der Waals surface area contributed by atoms with Crippen LogP contribution in [0, 0.1) is 0 Å². The van der Waals surface area contributed by atoms with E-state index in [0.29, 0.717) is 16.7 Å². The zero-order valence-corrected chi connectivity index (χ0v) is 12.6. The molecule has 3 aromatic rings. The van der Waals surface area contributed by atoms with Crippen molar-refractivity contribution in [2.24, 2.45) is 7.05 Å². The van der Waals surface area contributed by atoms with Crippen LogP contribution in [0.15, 0.2) is 56.6 Å². The van der Waals surface area contributed by atoms with Crippen LogP contribution in [0.5, 0.6) is 0 Å². The molecule has 1 heterocycles. The first-order valence-corrected chi connectivity index (χ1v) is 7.74. The highest BCUT2D eigenvalue weighted by molar-refractivity contribution is 7.98. The lowest BCUT2D eigenvalue weighted by molar-refractivity contribution is 0.217. The third-order valence-corrected chi connectivity index (χ3v) is 4.38. The van der Waals surface area contributed by atoms with Gasteiger partial charge in [0.1, 0.15) is 6.10 Å². The Hall–Kier alpha value is -1.98. The minimum absolute atomic E-state index is 0.402. The van der Waals surface area contributed by atoms with Gasteiger partial charge in [-0.2, -0.15) is 0 Å². The molecule has 0 spiro atoms. The summed E-state index contributed by atoms with van der Waals surface area (Å²) >= 11 is 1.59. The van der Waals surface area contributed by atoms with Gasteiger partial charge in [0, 0.05) is 11.9 Å². The van der Waals surface area contributed by atoms with E-state index in [2.05, 4.69) is 0 Å². The number of oxazole rings is 1. The molecule has 0 aliphatic heterocycles. The average molecular weight is 301 g/mol. The zero-order chi connectivity index (χ0) is 15.0. The Bertz CT molecular complexity index is 850. The molecular weight excluding hydrogens is 286 g/mol. The minimum Gasteiger partial charge on any atom is -0.408 e. The second-order valence-corrected chi connectivity index (χ2v) is 5.65. The minimum atomic E-state index is -0.747. The van der Waals surface area contributed by atoms with Crippen molar-refractivity contribution in [3.05, 3.63) is 64.1 Å². The van der Waals surface area contributed by atoms with E-state index in [1.54, 1.807) is 30.9 Å². The predicted octanol–water partition coefficient (Wildman–Crippen LogP) is 2.94. The Labute approximate surface area is 126 Å². The predicted molar refractivity (Wildman–Crippen MR) is 83.7 cm³/mol. The van der Waals surface area contributed by atoms with Gasteiger partial charge in [0.05, 0.1) is 5.52 Å². The van der Waals surface area contributed by atoms with Crippen LogP contribution in [0.4, 0.5) is 0 Å². The fourth-order valence-corrected chi connectivity index (χ4v) is 3.02. The topological polar surface area (TPSA) is 55.4 Å². The first kappa shape index (κ1) is 14.0. The van der Waals surface area contributed by atoms with Crippen LogP contribution in [0.1, 0.15) is 17.2 Å². The number of aliphatic hydroxyl groups is 1. The third-order valence-electron chi connectivity index (χ3n) is 3.57. The van der Waals surface area contributed by atoms with Crippen molar-refractivity contribution >= 4 is 22.9 Å². The maximum absolute atomic E-state index is 11.5. The Morgan fingerprint density at radius 3 is 2.76 bits per heavy atom. The van der Waals surface area contributed by atoms with E-state index in [-0.39, 0.29) is 0 Å². The number of hydrogen-bond acceptors (Lipinski definition) is 4. The number of nitrogens with zero attached hydrogens (tertiary/aromatic N) is 1. The Morgan fingerprint density at radius 2 is 2.00 bits per heavy atom. The average Bonchev–Trinajstić information content (AvgIpc) is 2.80. The molecular formula is C16H15NO3S. The Balaban J connectivity index is 2.09. The van der Waals surface area contributed by atoms with Crippen LogP contribution in [0.2, 0.25) is 0 Å². The molecule has 5 heteroatoms. The van der Waals surface area contributed by atoms with Gasteiger partial charge in [0.15, 0.2) is 5.58 Å². The van der Waals surface area contributed by atoms with Crippen molar-refractivity contribution in [2.45, 2.75) is 11.0 Å². The molecule has 0 aliphatic carbocycles. The molecule has 108 valence electrons. The first-order chi connectivity index (χ1) is 10.1. The fourth-order valence-electron chi connectivity index (χ4n) is 2.39. The smallest absolute Gasteiger partial charge is 0.408 e. The summed E-state index contributed by atoms with van der Waals surface area (Å²) in [4.78, 5) is 12.5. The fraction of sp³-hybridized carbons (Fsp3) is 0.188. The molecule has 0 aliphatic rings. The van der Waals surface area contributed by atoms with Gasteiger partial charge >= 0.3 is 5.76 Å². The van der Waals surface area contributed by atoms with Gasteiger partial charge in [-0.1, -0.05) is 24.3 Å². The van der Waals surface area contributed by atoms with Gasteiger partial charge in [-0.25, -0.2) is 4.79 Å². The molecule has 1 atom stereocenters. The molecule has 0 bridgehead atoms. The van der Waals surface area contributed by atoms with Crippen LogP contribution in [-0.2, 0) is 7.05 Å². The molecule has 4 nitrogen and oxygen atoms in total. The van der Waals surface area contributed by atoms with Crippen molar-refractivity contribution in [3.63, 3.8) is 0 Å². The summed E-state index contributed by atoms with van der Waals surface area (Å²) in [6.07, 6.45) is 1.23. The van der Waals surface area contributed by atoms with Crippen molar-refractivity contribution in [1.82, 2.24) is 4.57 Å². The van der Waals surface area contributed by atoms with E-state index in [1.807, 2.05) is 36.6 Å².